The summed E-state index contributed by atoms with van der Waals surface area (Å²) in [6.07, 6.45) is 0. The van der Waals surface area contributed by atoms with Crippen LogP contribution in [0.3, 0.4) is 0 Å². The number of hydrogen-bond acceptors (Lipinski definition) is 6. The number of nitrogens with zero attached hydrogens (tertiary/aromatic N) is 4. The molecule has 0 radical (unpaired) electrons. The van der Waals surface area contributed by atoms with Gasteiger partial charge in [-0.15, -0.1) is 0 Å². The highest BCUT2D eigenvalue weighted by atomic mass is 35.5. The smallest absolute Gasteiger partial charge is 0.223 e. The maximum atomic E-state index is 5.84. The zero-order valence-corrected chi connectivity index (χ0v) is 10.9. The van der Waals surface area contributed by atoms with Crippen molar-refractivity contribution in [1.82, 2.24) is 19.8 Å². The van der Waals surface area contributed by atoms with Crippen LogP contribution in [0.5, 0.6) is 0 Å². The molecule has 2 bridgehead atoms. The van der Waals surface area contributed by atoms with Crippen molar-refractivity contribution in [2.24, 2.45) is 0 Å². The topological polar surface area (TPSA) is 70.3 Å². The minimum absolute atomic E-state index is 0.208. The van der Waals surface area contributed by atoms with Gasteiger partial charge >= 0.3 is 0 Å². The van der Waals surface area contributed by atoms with E-state index in [9.17, 15) is 0 Å². The average molecular weight is 269 g/mol. The first-order valence-corrected chi connectivity index (χ1v) is 6.59. The highest BCUT2D eigenvalue weighted by molar-refractivity contribution is 6.29. The lowest BCUT2D eigenvalue weighted by Gasteiger charge is -2.47. The highest BCUT2D eigenvalue weighted by Gasteiger charge is 2.31. The highest BCUT2D eigenvalue weighted by Crippen LogP contribution is 2.17. The minimum atomic E-state index is 0.208. The van der Waals surface area contributed by atoms with E-state index in [0.29, 0.717) is 17.0 Å². The van der Waals surface area contributed by atoms with Gasteiger partial charge in [-0.1, -0.05) is 11.6 Å². The minimum Gasteiger partial charge on any atom is -0.368 e. The number of halogens is 1. The lowest BCUT2D eigenvalue weighted by Crippen LogP contribution is -2.62. The molecule has 0 amide bonds. The Hall–Kier alpha value is -1.11. The predicted octanol–water partition coefficient (Wildman–Crippen LogP) is 0.124. The van der Waals surface area contributed by atoms with Gasteiger partial charge in [0.1, 0.15) is 11.0 Å². The summed E-state index contributed by atoms with van der Waals surface area (Å²) in [5.41, 5.74) is 5.56. The van der Waals surface area contributed by atoms with Crippen LogP contribution >= 0.6 is 11.6 Å². The SMILES string of the molecule is Nc1nc(Cl)cc(NCC2CN3CCN2CC3)n1. The Morgan fingerprint density at radius 3 is 2.72 bits per heavy atom. The van der Waals surface area contributed by atoms with Gasteiger partial charge in [0.05, 0.1) is 0 Å². The van der Waals surface area contributed by atoms with Crippen LogP contribution < -0.4 is 11.1 Å². The van der Waals surface area contributed by atoms with Gasteiger partial charge in [0.15, 0.2) is 0 Å². The standard InChI is InChI=1S/C11H17ClN6/c12-9-5-10(16-11(13)15-9)14-6-8-7-17-1-3-18(8)4-2-17/h5,8H,1-4,6-7H2,(H3,13,14,15,16). The molecule has 1 atom stereocenters. The molecule has 1 aromatic heterocycles. The number of nitrogen functional groups attached to an aromatic ring is 1. The summed E-state index contributed by atoms with van der Waals surface area (Å²) in [6.45, 7) is 6.72. The number of rotatable bonds is 3. The van der Waals surface area contributed by atoms with Gasteiger partial charge in [-0.25, -0.2) is 4.98 Å². The monoisotopic (exact) mass is 268 g/mol. The Morgan fingerprint density at radius 1 is 1.33 bits per heavy atom. The molecule has 0 aliphatic carbocycles. The van der Waals surface area contributed by atoms with Crippen LogP contribution in [0.25, 0.3) is 0 Å². The largest absolute Gasteiger partial charge is 0.368 e. The van der Waals surface area contributed by atoms with Crippen LogP contribution in [0.1, 0.15) is 0 Å². The Labute approximate surface area is 111 Å². The zero-order chi connectivity index (χ0) is 12.5. The summed E-state index contributed by atoms with van der Waals surface area (Å²) in [6, 6.07) is 2.25. The number of fused-ring (bicyclic) bond motifs is 3. The first-order valence-electron chi connectivity index (χ1n) is 6.21. The molecule has 3 saturated heterocycles. The van der Waals surface area contributed by atoms with Crippen molar-refractivity contribution in [3.8, 4) is 0 Å². The van der Waals surface area contributed by atoms with Crippen LogP contribution in [0, 0.1) is 0 Å². The van der Waals surface area contributed by atoms with E-state index in [4.69, 9.17) is 17.3 Å². The molecule has 3 aliphatic heterocycles. The fraction of sp³-hybridized carbons (Fsp3) is 0.636. The summed E-state index contributed by atoms with van der Waals surface area (Å²) in [5.74, 6) is 0.907. The second-order valence-corrected chi connectivity index (χ2v) is 5.19. The number of nitrogens with one attached hydrogen (secondary N) is 1. The lowest BCUT2D eigenvalue weighted by atomic mass is 10.1. The van der Waals surface area contributed by atoms with Gasteiger partial charge in [-0.05, 0) is 0 Å². The maximum absolute atomic E-state index is 5.84. The molecule has 6 nitrogen and oxygen atoms in total. The van der Waals surface area contributed by atoms with Crippen LogP contribution in [-0.2, 0) is 0 Å². The van der Waals surface area contributed by atoms with Gasteiger partial charge in [-0.2, -0.15) is 4.98 Å². The van der Waals surface area contributed by atoms with Gasteiger partial charge in [-0.3, -0.25) is 9.80 Å². The summed E-state index contributed by atoms with van der Waals surface area (Å²) in [4.78, 5) is 13.0. The van der Waals surface area contributed by atoms with E-state index < -0.39 is 0 Å². The maximum Gasteiger partial charge on any atom is 0.223 e. The molecular weight excluding hydrogens is 252 g/mol. The number of anilines is 2. The molecule has 0 spiro atoms. The molecule has 7 heteroatoms. The molecule has 1 unspecified atom stereocenters. The summed E-state index contributed by atoms with van der Waals surface area (Å²) in [7, 11) is 0. The van der Waals surface area contributed by atoms with Gasteiger partial charge < -0.3 is 11.1 Å². The molecule has 0 aromatic carbocycles. The molecule has 98 valence electrons. The predicted molar refractivity (Wildman–Crippen MR) is 71.7 cm³/mol. The van der Waals surface area contributed by atoms with E-state index in [-0.39, 0.29) is 5.95 Å². The van der Waals surface area contributed by atoms with E-state index in [1.807, 2.05) is 0 Å². The van der Waals surface area contributed by atoms with Crippen molar-refractivity contribution in [3.63, 3.8) is 0 Å². The third-order valence-corrected chi connectivity index (χ3v) is 3.82. The van der Waals surface area contributed by atoms with Crippen molar-refractivity contribution in [2.45, 2.75) is 6.04 Å². The van der Waals surface area contributed by atoms with Crippen LogP contribution in [-0.4, -0.2) is 65.1 Å². The van der Waals surface area contributed by atoms with E-state index in [2.05, 4.69) is 25.1 Å². The molecule has 1 aromatic rings. The van der Waals surface area contributed by atoms with Crippen LogP contribution in [0.2, 0.25) is 5.15 Å². The number of hydrogen-bond donors (Lipinski definition) is 2. The average Bonchev–Trinajstić information content (AvgIpc) is 2.37. The van der Waals surface area contributed by atoms with E-state index in [1.165, 1.54) is 26.2 Å². The van der Waals surface area contributed by atoms with Crippen molar-refractivity contribution >= 4 is 23.4 Å². The first-order chi connectivity index (χ1) is 8.70. The second-order valence-electron chi connectivity index (χ2n) is 4.81. The molecular formula is C11H17ClN6. The summed E-state index contributed by atoms with van der Waals surface area (Å²) < 4.78 is 0. The number of piperazine rings is 3. The summed E-state index contributed by atoms with van der Waals surface area (Å²) >= 11 is 5.84. The molecule has 3 aliphatic rings. The van der Waals surface area contributed by atoms with Crippen molar-refractivity contribution in [1.29, 1.82) is 0 Å². The Balaban J connectivity index is 1.61. The Kier molecular flexibility index (Phi) is 3.23. The van der Waals surface area contributed by atoms with Crippen molar-refractivity contribution in [3.05, 3.63) is 11.2 Å². The fourth-order valence-electron chi connectivity index (χ4n) is 2.67. The van der Waals surface area contributed by atoms with Crippen LogP contribution in [0.4, 0.5) is 11.8 Å². The van der Waals surface area contributed by atoms with E-state index in [1.54, 1.807) is 6.07 Å². The molecule has 3 N–H and O–H groups in total. The molecule has 18 heavy (non-hydrogen) atoms. The van der Waals surface area contributed by atoms with Crippen LogP contribution in [0.15, 0.2) is 6.07 Å². The fourth-order valence-corrected chi connectivity index (χ4v) is 2.86. The van der Waals surface area contributed by atoms with Gasteiger partial charge in [0.25, 0.3) is 0 Å². The Bertz CT molecular complexity index is 411. The Morgan fingerprint density at radius 2 is 2.11 bits per heavy atom. The van der Waals surface area contributed by atoms with Crippen molar-refractivity contribution < 1.29 is 0 Å². The molecule has 4 heterocycles. The van der Waals surface area contributed by atoms with E-state index in [0.717, 1.165) is 13.1 Å². The first kappa shape index (κ1) is 12.0. The molecule has 4 rings (SSSR count). The number of aromatic nitrogens is 2. The van der Waals surface area contributed by atoms with E-state index >= 15 is 0 Å². The van der Waals surface area contributed by atoms with Gasteiger partial charge in [0.2, 0.25) is 5.95 Å². The molecule has 0 saturated carbocycles. The quantitative estimate of drug-likeness (QED) is 0.759. The summed E-state index contributed by atoms with van der Waals surface area (Å²) in [5, 5.41) is 3.67. The third kappa shape index (κ3) is 2.50. The third-order valence-electron chi connectivity index (χ3n) is 3.62. The lowest BCUT2D eigenvalue weighted by molar-refractivity contribution is 0.0189. The van der Waals surface area contributed by atoms with Gasteiger partial charge in [0, 0.05) is 51.4 Å². The number of nitrogens with two attached hydrogens (primary N) is 1. The zero-order valence-electron chi connectivity index (χ0n) is 10.1. The second kappa shape index (κ2) is 4.87. The normalized spacial score (nSPS) is 30.4. The molecule has 3 fully saturated rings. The van der Waals surface area contributed by atoms with Crippen molar-refractivity contribution in [2.75, 3.05) is 50.3 Å².